The molecule has 0 radical (unpaired) electrons. The lowest BCUT2D eigenvalue weighted by Gasteiger charge is -2.19. The molecule has 0 aliphatic carbocycles. The van der Waals surface area contributed by atoms with Crippen LogP contribution in [0.25, 0.3) is 11.0 Å². The van der Waals surface area contributed by atoms with E-state index in [1.807, 2.05) is 45.0 Å². The number of para-hydroxylation sites is 1. The average molecular weight is 288 g/mol. The van der Waals surface area contributed by atoms with Crippen LogP contribution in [0.5, 0.6) is 0 Å². The molecule has 0 saturated heterocycles. The molecule has 0 bridgehead atoms. The first-order valence-corrected chi connectivity index (χ1v) is 7.12. The van der Waals surface area contributed by atoms with Crippen molar-refractivity contribution in [3.63, 3.8) is 0 Å². The number of carbonyl (C=O) groups is 2. The molecule has 2 aromatic rings. The van der Waals surface area contributed by atoms with Crippen molar-refractivity contribution in [2.24, 2.45) is 0 Å². The van der Waals surface area contributed by atoms with Gasteiger partial charge in [-0.2, -0.15) is 0 Å². The van der Waals surface area contributed by atoms with Crippen molar-refractivity contribution in [2.45, 2.75) is 20.8 Å². The summed E-state index contributed by atoms with van der Waals surface area (Å²) in [7, 11) is 0. The summed E-state index contributed by atoms with van der Waals surface area (Å²) >= 11 is 0. The second-order valence-electron chi connectivity index (χ2n) is 4.83. The summed E-state index contributed by atoms with van der Waals surface area (Å²) in [5, 5.41) is 3.62. The van der Waals surface area contributed by atoms with Gasteiger partial charge in [-0.25, -0.2) is 0 Å². The Hall–Kier alpha value is -2.30. The van der Waals surface area contributed by atoms with E-state index in [1.165, 1.54) is 4.90 Å². The van der Waals surface area contributed by atoms with Crippen LogP contribution in [0.3, 0.4) is 0 Å². The van der Waals surface area contributed by atoms with E-state index in [4.69, 9.17) is 4.42 Å². The predicted octanol–water partition coefficient (Wildman–Crippen LogP) is 2.34. The van der Waals surface area contributed by atoms with Gasteiger partial charge < -0.3 is 14.6 Å². The summed E-state index contributed by atoms with van der Waals surface area (Å²) in [6, 6.07) is 7.53. The molecule has 1 N–H and O–H groups in total. The van der Waals surface area contributed by atoms with Crippen molar-refractivity contribution in [1.82, 2.24) is 10.2 Å². The van der Waals surface area contributed by atoms with Crippen LogP contribution in [0.15, 0.2) is 28.7 Å². The van der Waals surface area contributed by atoms with Crippen LogP contribution in [0, 0.1) is 6.92 Å². The first kappa shape index (κ1) is 15.1. The minimum Gasteiger partial charge on any atom is -0.451 e. The fourth-order valence-corrected chi connectivity index (χ4v) is 2.28. The maximum atomic E-state index is 12.6. The molecule has 5 nitrogen and oxygen atoms in total. The summed E-state index contributed by atoms with van der Waals surface area (Å²) in [6.45, 7) is 6.59. The molecule has 2 rings (SSSR count). The van der Waals surface area contributed by atoms with Gasteiger partial charge in [-0.15, -0.1) is 0 Å². The molecule has 0 aliphatic heterocycles. The van der Waals surface area contributed by atoms with Crippen molar-refractivity contribution in [3.05, 3.63) is 35.6 Å². The molecule has 0 spiro atoms. The van der Waals surface area contributed by atoms with Gasteiger partial charge in [-0.05, 0) is 26.8 Å². The number of fused-ring (bicyclic) bond motifs is 1. The van der Waals surface area contributed by atoms with Gasteiger partial charge in [-0.3, -0.25) is 9.59 Å². The Labute approximate surface area is 123 Å². The number of nitrogens with one attached hydrogen (secondary N) is 1. The van der Waals surface area contributed by atoms with Gasteiger partial charge in [0, 0.05) is 24.0 Å². The fourth-order valence-electron chi connectivity index (χ4n) is 2.28. The van der Waals surface area contributed by atoms with Crippen molar-refractivity contribution < 1.29 is 14.0 Å². The number of carbonyl (C=O) groups excluding carboxylic acids is 2. The van der Waals surface area contributed by atoms with E-state index in [0.29, 0.717) is 24.4 Å². The SMILES string of the molecule is CCNC(=O)CN(CC)C(=O)c1oc2ccccc2c1C. The van der Waals surface area contributed by atoms with Crippen LogP contribution < -0.4 is 5.32 Å². The molecule has 0 saturated carbocycles. The van der Waals surface area contributed by atoms with Crippen LogP contribution in [-0.4, -0.2) is 36.3 Å². The summed E-state index contributed by atoms with van der Waals surface area (Å²) < 4.78 is 5.66. The van der Waals surface area contributed by atoms with E-state index < -0.39 is 0 Å². The molecule has 1 heterocycles. The number of furan rings is 1. The summed E-state index contributed by atoms with van der Waals surface area (Å²) in [6.07, 6.45) is 0. The van der Waals surface area contributed by atoms with Crippen LogP contribution in [0.4, 0.5) is 0 Å². The standard InChI is InChI=1S/C16H20N2O3/c1-4-17-14(19)10-18(5-2)16(20)15-11(3)12-8-6-7-9-13(12)21-15/h6-9H,4-5,10H2,1-3H3,(H,17,19). The lowest BCUT2D eigenvalue weighted by Crippen LogP contribution is -2.40. The summed E-state index contributed by atoms with van der Waals surface area (Å²) in [4.78, 5) is 25.7. The number of rotatable bonds is 5. The van der Waals surface area contributed by atoms with E-state index in [0.717, 1.165) is 10.9 Å². The second kappa shape index (κ2) is 6.43. The molecular weight excluding hydrogens is 268 g/mol. The molecule has 1 aromatic carbocycles. The number of amides is 2. The molecule has 0 atom stereocenters. The zero-order valence-corrected chi connectivity index (χ0v) is 12.6. The highest BCUT2D eigenvalue weighted by Crippen LogP contribution is 2.25. The van der Waals surface area contributed by atoms with Crippen LogP contribution in [-0.2, 0) is 4.79 Å². The lowest BCUT2D eigenvalue weighted by atomic mass is 10.1. The number of hydrogen-bond donors (Lipinski definition) is 1. The Balaban J connectivity index is 2.27. The van der Waals surface area contributed by atoms with E-state index in [1.54, 1.807) is 0 Å². The third kappa shape index (κ3) is 3.07. The Morgan fingerprint density at radius 3 is 2.57 bits per heavy atom. The molecule has 5 heteroatoms. The van der Waals surface area contributed by atoms with Crippen molar-refractivity contribution in [3.8, 4) is 0 Å². The number of hydrogen-bond acceptors (Lipinski definition) is 3. The molecule has 1 aromatic heterocycles. The fraction of sp³-hybridized carbons (Fsp3) is 0.375. The van der Waals surface area contributed by atoms with Gasteiger partial charge in [0.15, 0.2) is 5.76 Å². The van der Waals surface area contributed by atoms with E-state index in [2.05, 4.69) is 5.32 Å². The normalized spacial score (nSPS) is 10.6. The molecule has 0 unspecified atom stereocenters. The van der Waals surface area contributed by atoms with Crippen LogP contribution in [0.2, 0.25) is 0 Å². The lowest BCUT2D eigenvalue weighted by molar-refractivity contribution is -0.121. The molecule has 21 heavy (non-hydrogen) atoms. The second-order valence-corrected chi connectivity index (χ2v) is 4.83. The first-order valence-electron chi connectivity index (χ1n) is 7.12. The minimum absolute atomic E-state index is 0.0413. The number of aryl methyl sites for hydroxylation is 1. The van der Waals surface area contributed by atoms with Gasteiger partial charge in [-0.1, -0.05) is 18.2 Å². The first-order chi connectivity index (χ1) is 10.1. The molecule has 112 valence electrons. The third-order valence-electron chi connectivity index (χ3n) is 3.42. The van der Waals surface area contributed by atoms with Crippen molar-refractivity contribution in [1.29, 1.82) is 0 Å². The van der Waals surface area contributed by atoms with Crippen LogP contribution in [0.1, 0.15) is 30.0 Å². The predicted molar refractivity (Wildman–Crippen MR) is 81.2 cm³/mol. The topological polar surface area (TPSA) is 62.6 Å². The average Bonchev–Trinajstić information content (AvgIpc) is 2.82. The Morgan fingerprint density at radius 1 is 1.24 bits per heavy atom. The highest BCUT2D eigenvalue weighted by molar-refractivity contribution is 6.00. The zero-order chi connectivity index (χ0) is 15.4. The number of nitrogens with zero attached hydrogens (tertiary/aromatic N) is 1. The molecule has 0 aliphatic rings. The van der Waals surface area contributed by atoms with E-state index >= 15 is 0 Å². The van der Waals surface area contributed by atoms with Gasteiger partial charge >= 0.3 is 0 Å². The molecule has 2 amide bonds. The van der Waals surface area contributed by atoms with Crippen molar-refractivity contribution >= 4 is 22.8 Å². The van der Waals surface area contributed by atoms with E-state index in [-0.39, 0.29) is 18.4 Å². The number of benzene rings is 1. The zero-order valence-electron chi connectivity index (χ0n) is 12.6. The Bertz CT molecular complexity index is 661. The number of likely N-dealkylation sites (N-methyl/N-ethyl adjacent to an activating group) is 2. The van der Waals surface area contributed by atoms with Gasteiger partial charge in [0.05, 0.1) is 6.54 Å². The maximum absolute atomic E-state index is 12.6. The van der Waals surface area contributed by atoms with Crippen molar-refractivity contribution in [2.75, 3.05) is 19.6 Å². The largest absolute Gasteiger partial charge is 0.451 e. The Morgan fingerprint density at radius 2 is 1.95 bits per heavy atom. The minimum atomic E-state index is -0.252. The highest BCUT2D eigenvalue weighted by atomic mass is 16.3. The highest BCUT2D eigenvalue weighted by Gasteiger charge is 2.23. The van der Waals surface area contributed by atoms with Crippen LogP contribution >= 0.6 is 0 Å². The molecular formula is C16H20N2O3. The van der Waals surface area contributed by atoms with Gasteiger partial charge in [0.1, 0.15) is 5.58 Å². The van der Waals surface area contributed by atoms with Gasteiger partial charge in [0.25, 0.3) is 5.91 Å². The van der Waals surface area contributed by atoms with Gasteiger partial charge in [0.2, 0.25) is 5.91 Å². The maximum Gasteiger partial charge on any atom is 0.290 e. The summed E-state index contributed by atoms with van der Waals surface area (Å²) in [5.41, 5.74) is 1.50. The van der Waals surface area contributed by atoms with E-state index in [9.17, 15) is 9.59 Å². The molecule has 0 fully saturated rings. The summed E-state index contributed by atoms with van der Waals surface area (Å²) in [5.74, 6) is -0.110. The monoisotopic (exact) mass is 288 g/mol. The smallest absolute Gasteiger partial charge is 0.290 e. The third-order valence-corrected chi connectivity index (χ3v) is 3.42. The quantitative estimate of drug-likeness (QED) is 0.918. The Kier molecular flexibility index (Phi) is 4.62.